The van der Waals surface area contributed by atoms with E-state index in [1.54, 1.807) is 21.3 Å². The molecule has 3 aromatic carbocycles. The SMILES string of the molecule is COc1ccc(C(CNC(=O)c2cc3ccccc3cc2OC)N(C)C)cc1OC. The Hall–Kier alpha value is -3.25. The number of nitrogens with one attached hydrogen (secondary N) is 1. The quantitative estimate of drug-likeness (QED) is 0.613. The van der Waals surface area contributed by atoms with E-state index in [4.69, 9.17) is 14.2 Å². The van der Waals surface area contributed by atoms with Crippen molar-refractivity contribution >= 4 is 16.7 Å². The number of likely N-dealkylation sites (N-methyl/N-ethyl adjacent to an activating group) is 1. The summed E-state index contributed by atoms with van der Waals surface area (Å²) < 4.78 is 16.2. The number of carbonyl (C=O) groups excluding carboxylic acids is 1. The molecule has 1 unspecified atom stereocenters. The topological polar surface area (TPSA) is 60.0 Å². The van der Waals surface area contributed by atoms with Gasteiger partial charge in [-0.1, -0.05) is 30.3 Å². The number of benzene rings is 3. The summed E-state index contributed by atoms with van der Waals surface area (Å²) in [5.41, 5.74) is 1.53. The predicted octanol–water partition coefficient (Wildman–Crippen LogP) is 3.90. The van der Waals surface area contributed by atoms with Gasteiger partial charge < -0.3 is 24.4 Å². The van der Waals surface area contributed by atoms with Crippen molar-refractivity contribution in [2.75, 3.05) is 42.0 Å². The lowest BCUT2D eigenvalue weighted by atomic mass is 10.0. The average Bonchev–Trinajstić information content (AvgIpc) is 2.77. The number of fused-ring (bicyclic) bond motifs is 1. The molecule has 158 valence electrons. The molecule has 6 nitrogen and oxygen atoms in total. The van der Waals surface area contributed by atoms with Crippen LogP contribution in [0.3, 0.4) is 0 Å². The Labute approximate surface area is 177 Å². The van der Waals surface area contributed by atoms with E-state index in [-0.39, 0.29) is 11.9 Å². The van der Waals surface area contributed by atoms with Gasteiger partial charge in [-0.2, -0.15) is 0 Å². The van der Waals surface area contributed by atoms with Gasteiger partial charge in [-0.15, -0.1) is 0 Å². The summed E-state index contributed by atoms with van der Waals surface area (Å²) in [7, 11) is 8.75. The van der Waals surface area contributed by atoms with E-state index in [0.29, 0.717) is 29.4 Å². The van der Waals surface area contributed by atoms with Crippen LogP contribution in [0.2, 0.25) is 0 Å². The first-order valence-electron chi connectivity index (χ1n) is 9.71. The third kappa shape index (κ3) is 4.49. The average molecular weight is 408 g/mol. The van der Waals surface area contributed by atoms with Gasteiger partial charge in [-0.25, -0.2) is 0 Å². The molecule has 0 aliphatic rings. The van der Waals surface area contributed by atoms with Crippen LogP contribution in [-0.2, 0) is 0 Å². The molecule has 0 spiro atoms. The summed E-state index contributed by atoms with van der Waals surface area (Å²) in [5.74, 6) is 1.71. The monoisotopic (exact) mass is 408 g/mol. The van der Waals surface area contributed by atoms with Crippen LogP contribution in [0.15, 0.2) is 54.6 Å². The number of methoxy groups -OCH3 is 3. The molecule has 0 radical (unpaired) electrons. The van der Waals surface area contributed by atoms with Crippen LogP contribution in [0.4, 0.5) is 0 Å². The first kappa shape index (κ1) is 21.5. The number of carbonyl (C=O) groups is 1. The van der Waals surface area contributed by atoms with Crippen molar-refractivity contribution in [3.05, 3.63) is 65.7 Å². The van der Waals surface area contributed by atoms with Gasteiger partial charge in [0.05, 0.1) is 32.9 Å². The maximum absolute atomic E-state index is 13.0. The highest BCUT2D eigenvalue weighted by molar-refractivity contribution is 6.01. The summed E-state index contributed by atoms with van der Waals surface area (Å²) in [4.78, 5) is 15.1. The van der Waals surface area contributed by atoms with Crippen LogP contribution >= 0.6 is 0 Å². The molecule has 0 aromatic heterocycles. The molecule has 1 amide bonds. The smallest absolute Gasteiger partial charge is 0.255 e. The van der Waals surface area contributed by atoms with Crippen LogP contribution in [0.5, 0.6) is 17.2 Å². The predicted molar refractivity (Wildman–Crippen MR) is 119 cm³/mol. The minimum absolute atomic E-state index is 0.0415. The highest BCUT2D eigenvalue weighted by Gasteiger charge is 2.20. The molecule has 3 rings (SSSR count). The lowest BCUT2D eigenvalue weighted by Crippen LogP contribution is -2.34. The molecule has 0 aliphatic carbocycles. The van der Waals surface area contributed by atoms with E-state index in [2.05, 4.69) is 10.2 Å². The van der Waals surface area contributed by atoms with Crippen molar-refractivity contribution in [2.45, 2.75) is 6.04 Å². The Bertz CT molecular complexity index is 1030. The zero-order valence-electron chi connectivity index (χ0n) is 18.1. The second-order valence-electron chi connectivity index (χ2n) is 7.20. The maximum atomic E-state index is 13.0. The summed E-state index contributed by atoms with van der Waals surface area (Å²) in [5, 5.41) is 5.07. The molecule has 1 N–H and O–H groups in total. The van der Waals surface area contributed by atoms with Gasteiger partial charge in [-0.05, 0) is 54.7 Å². The Kier molecular flexibility index (Phi) is 6.79. The number of ether oxygens (including phenoxy) is 3. The zero-order valence-corrected chi connectivity index (χ0v) is 18.1. The van der Waals surface area contributed by atoms with E-state index in [0.717, 1.165) is 16.3 Å². The second kappa shape index (κ2) is 9.50. The molecule has 0 saturated heterocycles. The molecular weight excluding hydrogens is 380 g/mol. The Morgan fingerprint density at radius 2 is 1.50 bits per heavy atom. The number of amides is 1. The summed E-state index contributed by atoms with van der Waals surface area (Å²) >= 11 is 0. The number of hydrogen-bond donors (Lipinski definition) is 1. The number of rotatable bonds is 8. The third-order valence-electron chi connectivity index (χ3n) is 5.18. The van der Waals surface area contributed by atoms with E-state index in [1.807, 2.05) is 68.7 Å². The Morgan fingerprint density at radius 3 is 2.10 bits per heavy atom. The fourth-order valence-electron chi connectivity index (χ4n) is 3.51. The minimum Gasteiger partial charge on any atom is -0.496 e. The number of nitrogens with zero attached hydrogens (tertiary/aromatic N) is 1. The largest absolute Gasteiger partial charge is 0.496 e. The van der Waals surface area contributed by atoms with Gasteiger partial charge in [0.25, 0.3) is 5.91 Å². The number of hydrogen-bond acceptors (Lipinski definition) is 5. The Morgan fingerprint density at radius 1 is 0.867 bits per heavy atom. The molecule has 0 heterocycles. The van der Waals surface area contributed by atoms with Gasteiger partial charge in [0.15, 0.2) is 11.5 Å². The normalized spacial score (nSPS) is 11.9. The summed E-state index contributed by atoms with van der Waals surface area (Å²) in [6.45, 7) is 0.428. The standard InChI is InChI=1S/C24H28N2O4/c1-26(2)20(18-10-11-21(28-3)23(14-18)30-5)15-25-24(27)19-12-16-8-6-7-9-17(16)13-22(19)29-4/h6-14,20H,15H2,1-5H3,(H,25,27). The molecule has 1 atom stereocenters. The second-order valence-corrected chi connectivity index (χ2v) is 7.20. The fourth-order valence-corrected chi connectivity index (χ4v) is 3.51. The van der Waals surface area contributed by atoms with E-state index in [9.17, 15) is 4.79 Å². The molecule has 0 fully saturated rings. The maximum Gasteiger partial charge on any atom is 0.255 e. The van der Waals surface area contributed by atoms with Crippen molar-refractivity contribution in [1.82, 2.24) is 10.2 Å². The van der Waals surface area contributed by atoms with Crippen LogP contribution in [0, 0.1) is 0 Å². The molecule has 3 aromatic rings. The van der Waals surface area contributed by atoms with Crippen LogP contribution in [-0.4, -0.2) is 52.8 Å². The molecule has 6 heteroatoms. The highest BCUT2D eigenvalue weighted by atomic mass is 16.5. The first-order valence-corrected chi connectivity index (χ1v) is 9.71. The van der Waals surface area contributed by atoms with Crippen molar-refractivity contribution in [3.8, 4) is 17.2 Å². The summed E-state index contributed by atoms with van der Waals surface area (Å²) in [6.07, 6.45) is 0. The van der Waals surface area contributed by atoms with E-state index < -0.39 is 0 Å². The summed E-state index contributed by atoms with van der Waals surface area (Å²) in [6, 6.07) is 17.4. The van der Waals surface area contributed by atoms with Gasteiger partial charge in [0.2, 0.25) is 0 Å². The Balaban J connectivity index is 1.83. The van der Waals surface area contributed by atoms with Gasteiger partial charge in [0, 0.05) is 6.54 Å². The van der Waals surface area contributed by atoms with E-state index >= 15 is 0 Å². The van der Waals surface area contributed by atoms with Crippen molar-refractivity contribution < 1.29 is 19.0 Å². The van der Waals surface area contributed by atoms with Crippen LogP contribution in [0.1, 0.15) is 22.0 Å². The molecular formula is C24H28N2O4. The molecule has 0 saturated carbocycles. The van der Waals surface area contributed by atoms with Crippen molar-refractivity contribution in [1.29, 1.82) is 0 Å². The van der Waals surface area contributed by atoms with Gasteiger partial charge >= 0.3 is 0 Å². The van der Waals surface area contributed by atoms with Crippen molar-refractivity contribution in [2.24, 2.45) is 0 Å². The van der Waals surface area contributed by atoms with Gasteiger partial charge in [-0.3, -0.25) is 4.79 Å². The van der Waals surface area contributed by atoms with Crippen LogP contribution in [0.25, 0.3) is 10.8 Å². The lowest BCUT2D eigenvalue weighted by Gasteiger charge is -2.26. The molecule has 0 bridgehead atoms. The van der Waals surface area contributed by atoms with Crippen LogP contribution < -0.4 is 19.5 Å². The zero-order chi connectivity index (χ0) is 21.7. The third-order valence-corrected chi connectivity index (χ3v) is 5.18. The van der Waals surface area contributed by atoms with Gasteiger partial charge in [0.1, 0.15) is 5.75 Å². The molecule has 0 aliphatic heterocycles. The highest BCUT2D eigenvalue weighted by Crippen LogP contribution is 2.31. The first-order chi connectivity index (χ1) is 14.5. The van der Waals surface area contributed by atoms with E-state index in [1.165, 1.54) is 0 Å². The van der Waals surface area contributed by atoms with Crippen molar-refractivity contribution in [3.63, 3.8) is 0 Å². The lowest BCUT2D eigenvalue weighted by molar-refractivity contribution is 0.0939. The minimum atomic E-state index is -0.176. The molecule has 30 heavy (non-hydrogen) atoms. The fraction of sp³-hybridized carbons (Fsp3) is 0.292.